The average molecular weight is 385 g/mol. The van der Waals surface area contributed by atoms with Gasteiger partial charge in [-0.1, -0.05) is 35.9 Å². The van der Waals surface area contributed by atoms with Crippen molar-refractivity contribution in [3.8, 4) is 0 Å². The summed E-state index contributed by atoms with van der Waals surface area (Å²) in [6, 6.07) is 14.1. The Morgan fingerprint density at radius 3 is 2.78 bits per heavy atom. The Bertz CT molecular complexity index is 818. The van der Waals surface area contributed by atoms with Crippen molar-refractivity contribution in [2.45, 2.75) is 25.3 Å². The topological polar surface area (TPSA) is 41.6 Å². The van der Waals surface area contributed by atoms with Crippen molar-refractivity contribution in [1.82, 2.24) is 10.2 Å². The molecular weight excluding hydrogens is 360 g/mol. The molecule has 0 bridgehead atoms. The monoisotopic (exact) mass is 384 g/mol. The fraction of sp³-hybridized carbons (Fsp3) is 0.409. The molecular formula is C22H25ClN2O2. The molecule has 1 saturated heterocycles. The lowest BCUT2D eigenvalue weighted by Gasteiger charge is -2.35. The molecule has 2 aromatic rings. The third kappa shape index (κ3) is 4.18. The third-order valence-electron chi connectivity index (χ3n) is 5.57. The summed E-state index contributed by atoms with van der Waals surface area (Å²) >= 11 is 6.22. The SMILES string of the molecule is O=C(NCC(c1cccc(Cl)c1)N1CCOCC1)c1cccc2c1CCC2. The van der Waals surface area contributed by atoms with Crippen LogP contribution in [0.15, 0.2) is 42.5 Å². The second kappa shape index (κ2) is 8.42. The summed E-state index contributed by atoms with van der Waals surface area (Å²) in [5.74, 6) is 0.0223. The van der Waals surface area contributed by atoms with E-state index in [1.807, 2.05) is 30.3 Å². The normalized spacial score (nSPS) is 18.1. The first-order valence-corrected chi connectivity index (χ1v) is 10.1. The number of nitrogens with zero attached hydrogens (tertiary/aromatic N) is 1. The van der Waals surface area contributed by atoms with Crippen molar-refractivity contribution < 1.29 is 9.53 Å². The number of ether oxygens (including phenoxy) is 1. The number of benzene rings is 2. The van der Waals surface area contributed by atoms with Crippen molar-refractivity contribution >= 4 is 17.5 Å². The van der Waals surface area contributed by atoms with E-state index < -0.39 is 0 Å². The number of halogens is 1. The molecule has 0 aromatic heterocycles. The van der Waals surface area contributed by atoms with Gasteiger partial charge in [0.25, 0.3) is 5.91 Å². The Labute approximate surface area is 165 Å². The summed E-state index contributed by atoms with van der Waals surface area (Å²) in [4.78, 5) is 15.3. The van der Waals surface area contributed by atoms with Gasteiger partial charge in [0, 0.05) is 30.2 Å². The molecule has 142 valence electrons. The van der Waals surface area contributed by atoms with E-state index in [1.54, 1.807) is 0 Å². The number of amides is 1. The minimum atomic E-state index is 0.0223. The van der Waals surface area contributed by atoms with Gasteiger partial charge in [-0.15, -0.1) is 0 Å². The molecule has 0 saturated carbocycles. The molecule has 2 aromatic carbocycles. The number of nitrogens with one attached hydrogen (secondary N) is 1. The van der Waals surface area contributed by atoms with Gasteiger partial charge in [-0.2, -0.15) is 0 Å². The molecule has 0 radical (unpaired) electrons. The summed E-state index contributed by atoms with van der Waals surface area (Å²) in [5, 5.41) is 3.90. The molecule has 1 amide bonds. The van der Waals surface area contributed by atoms with Gasteiger partial charge in [0.2, 0.25) is 0 Å². The fourth-order valence-electron chi connectivity index (χ4n) is 4.18. The molecule has 1 atom stereocenters. The zero-order valence-corrected chi connectivity index (χ0v) is 16.2. The third-order valence-corrected chi connectivity index (χ3v) is 5.80. The molecule has 0 spiro atoms. The molecule has 1 aliphatic carbocycles. The molecule has 4 nitrogen and oxygen atoms in total. The zero-order valence-electron chi connectivity index (χ0n) is 15.4. The Balaban J connectivity index is 1.51. The lowest BCUT2D eigenvalue weighted by molar-refractivity contribution is 0.0162. The van der Waals surface area contributed by atoms with E-state index in [0.717, 1.165) is 61.7 Å². The lowest BCUT2D eigenvalue weighted by Crippen LogP contribution is -2.43. The van der Waals surface area contributed by atoms with Gasteiger partial charge in [-0.3, -0.25) is 9.69 Å². The van der Waals surface area contributed by atoms with E-state index in [2.05, 4.69) is 22.3 Å². The molecule has 1 unspecified atom stereocenters. The highest BCUT2D eigenvalue weighted by Crippen LogP contribution is 2.26. The van der Waals surface area contributed by atoms with Crippen molar-refractivity contribution in [3.63, 3.8) is 0 Å². The Morgan fingerprint density at radius 1 is 1.15 bits per heavy atom. The first kappa shape index (κ1) is 18.5. The summed E-state index contributed by atoms with van der Waals surface area (Å²) in [7, 11) is 0. The Kier molecular flexibility index (Phi) is 5.77. The first-order chi connectivity index (χ1) is 13.2. The van der Waals surface area contributed by atoms with Crippen LogP contribution >= 0.6 is 11.6 Å². The summed E-state index contributed by atoms with van der Waals surface area (Å²) < 4.78 is 5.50. The van der Waals surface area contributed by atoms with Crippen LogP contribution in [0.1, 0.15) is 39.5 Å². The molecule has 1 aliphatic heterocycles. The summed E-state index contributed by atoms with van der Waals surface area (Å²) in [5.41, 5.74) is 4.50. The molecule has 4 rings (SSSR count). The summed E-state index contributed by atoms with van der Waals surface area (Å²) in [6.45, 7) is 3.71. The van der Waals surface area contributed by atoms with E-state index in [9.17, 15) is 4.79 Å². The number of fused-ring (bicyclic) bond motifs is 1. The largest absolute Gasteiger partial charge is 0.379 e. The van der Waals surface area contributed by atoms with Crippen LogP contribution in [-0.2, 0) is 17.6 Å². The predicted octanol–water partition coefficient (Wildman–Crippen LogP) is 3.63. The minimum Gasteiger partial charge on any atom is -0.379 e. The highest BCUT2D eigenvalue weighted by Gasteiger charge is 2.25. The average Bonchev–Trinajstić information content (AvgIpc) is 3.18. The maximum atomic E-state index is 12.9. The highest BCUT2D eigenvalue weighted by molar-refractivity contribution is 6.30. The molecule has 1 fully saturated rings. The maximum Gasteiger partial charge on any atom is 0.251 e. The van der Waals surface area contributed by atoms with E-state index in [0.29, 0.717) is 6.54 Å². The van der Waals surface area contributed by atoms with Gasteiger partial charge in [-0.25, -0.2) is 0 Å². The minimum absolute atomic E-state index is 0.0223. The van der Waals surface area contributed by atoms with E-state index in [-0.39, 0.29) is 11.9 Å². The smallest absolute Gasteiger partial charge is 0.251 e. The van der Waals surface area contributed by atoms with E-state index >= 15 is 0 Å². The number of hydrogen-bond donors (Lipinski definition) is 1. The van der Waals surface area contributed by atoms with Crippen LogP contribution < -0.4 is 5.32 Å². The van der Waals surface area contributed by atoms with Crippen molar-refractivity contribution in [1.29, 1.82) is 0 Å². The number of hydrogen-bond acceptors (Lipinski definition) is 3. The van der Waals surface area contributed by atoms with E-state index in [1.165, 1.54) is 11.1 Å². The first-order valence-electron chi connectivity index (χ1n) is 9.68. The summed E-state index contributed by atoms with van der Waals surface area (Å²) in [6.07, 6.45) is 3.22. The van der Waals surface area contributed by atoms with Crippen molar-refractivity contribution in [2.24, 2.45) is 0 Å². The van der Waals surface area contributed by atoms with Crippen LogP contribution in [0, 0.1) is 0 Å². The van der Waals surface area contributed by atoms with Crippen LogP contribution in [-0.4, -0.2) is 43.7 Å². The van der Waals surface area contributed by atoms with Crippen LogP contribution in [0.4, 0.5) is 0 Å². The van der Waals surface area contributed by atoms with Crippen LogP contribution in [0.2, 0.25) is 5.02 Å². The molecule has 1 N–H and O–H groups in total. The number of rotatable bonds is 5. The highest BCUT2D eigenvalue weighted by atomic mass is 35.5. The quantitative estimate of drug-likeness (QED) is 0.855. The van der Waals surface area contributed by atoms with Crippen LogP contribution in [0.5, 0.6) is 0 Å². The maximum absolute atomic E-state index is 12.9. The zero-order chi connectivity index (χ0) is 18.6. The number of morpholine rings is 1. The van der Waals surface area contributed by atoms with E-state index in [4.69, 9.17) is 16.3 Å². The predicted molar refractivity (Wildman–Crippen MR) is 107 cm³/mol. The van der Waals surface area contributed by atoms with Gasteiger partial charge < -0.3 is 10.1 Å². The van der Waals surface area contributed by atoms with Crippen molar-refractivity contribution in [3.05, 3.63) is 69.7 Å². The molecule has 5 heteroatoms. The van der Waals surface area contributed by atoms with Gasteiger partial charge in [0.05, 0.1) is 19.3 Å². The van der Waals surface area contributed by atoms with Crippen LogP contribution in [0.25, 0.3) is 0 Å². The molecule has 27 heavy (non-hydrogen) atoms. The molecule has 2 aliphatic rings. The number of carbonyl (C=O) groups excluding carboxylic acids is 1. The number of carbonyl (C=O) groups is 1. The Morgan fingerprint density at radius 2 is 1.96 bits per heavy atom. The van der Waals surface area contributed by atoms with Gasteiger partial charge >= 0.3 is 0 Å². The molecule has 1 heterocycles. The number of aryl methyl sites for hydroxylation is 1. The Hall–Kier alpha value is -1.88. The van der Waals surface area contributed by atoms with Gasteiger partial charge in [-0.05, 0) is 54.2 Å². The van der Waals surface area contributed by atoms with Crippen LogP contribution in [0.3, 0.4) is 0 Å². The standard InChI is InChI=1S/C22H25ClN2O2/c23-18-7-1-6-17(14-18)21(25-10-12-27-13-11-25)15-24-22(26)20-9-3-5-16-4-2-8-19(16)20/h1,3,5-7,9,14,21H,2,4,8,10-13,15H2,(H,24,26). The lowest BCUT2D eigenvalue weighted by atomic mass is 10.0. The fourth-order valence-corrected chi connectivity index (χ4v) is 4.38. The van der Waals surface area contributed by atoms with Gasteiger partial charge in [0.15, 0.2) is 0 Å². The van der Waals surface area contributed by atoms with Gasteiger partial charge in [0.1, 0.15) is 0 Å². The second-order valence-corrected chi connectivity index (χ2v) is 7.66. The van der Waals surface area contributed by atoms with Crippen molar-refractivity contribution in [2.75, 3.05) is 32.8 Å². The second-order valence-electron chi connectivity index (χ2n) is 7.23.